The van der Waals surface area contributed by atoms with E-state index >= 15 is 0 Å². The van der Waals surface area contributed by atoms with Gasteiger partial charge in [-0.2, -0.15) is 0 Å². The third-order valence-corrected chi connectivity index (χ3v) is 5.06. The van der Waals surface area contributed by atoms with Crippen molar-refractivity contribution in [2.24, 2.45) is 0 Å². The standard InChI is InChI=1S/C24H17ClO5/c1-14-20-12-11-19(29-23(26)16-3-7-17(25)8-4-16)13-21(20)30-24(27)22(14)15-5-9-18(28-2)10-6-15/h3-13H,1-2H3. The van der Waals surface area contributed by atoms with Gasteiger partial charge in [0.15, 0.2) is 0 Å². The lowest BCUT2D eigenvalue weighted by atomic mass is 9.99. The van der Waals surface area contributed by atoms with Crippen molar-refractivity contribution >= 4 is 28.5 Å². The van der Waals surface area contributed by atoms with E-state index in [1.807, 2.05) is 19.1 Å². The van der Waals surface area contributed by atoms with Gasteiger partial charge in [-0.05, 0) is 66.6 Å². The summed E-state index contributed by atoms with van der Waals surface area (Å²) in [6.07, 6.45) is 0. The molecule has 0 aliphatic rings. The van der Waals surface area contributed by atoms with E-state index in [-0.39, 0.29) is 5.75 Å². The smallest absolute Gasteiger partial charge is 0.344 e. The summed E-state index contributed by atoms with van der Waals surface area (Å²) in [6.45, 7) is 1.86. The zero-order valence-corrected chi connectivity index (χ0v) is 17.0. The molecule has 0 atom stereocenters. The number of hydrogen-bond acceptors (Lipinski definition) is 5. The molecular formula is C24H17ClO5. The molecule has 150 valence electrons. The zero-order valence-electron chi connectivity index (χ0n) is 16.3. The normalized spacial score (nSPS) is 10.8. The van der Waals surface area contributed by atoms with Gasteiger partial charge in [-0.3, -0.25) is 0 Å². The Morgan fingerprint density at radius 3 is 2.27 bits per heavy atom. The van der Waals surface area contributed by atoms with Gasteiger partial charge < -0.3 is 13.9 Å². The van der Waals surface area contributed by atoms with E-state index in [2.05, 4.69) is 0 Å². The Bertz CT molecular complexity index is 1290. The number of benzene rings is 3. The van der Waals surface area contributed by atoms with Crippen LogP contribution in [0.3, 0.4) is 0 Å². The molecule has 0 amide bonds. The summed E-state index contributed by atoms with van der Waals surface area (Å²) in [5.41, 5.74) is 2.25. The van der Waals surface area contributed by atoms with Gasteiger partial charge in [-0.25, -0.2) is 9.59 Å². The van der Waals surface area contributed by atoms with Gasteiger partial charge in [0.05, 0.1) is 18.2 Å². The molecule has 30 heavy (non-hydrogen) atoms. The fourth-order valence-electron chi connectivity index (χ4n) is 3.24. The van der Waals surface area contributed by atoms with Crippen LogP contribution in [0, 0.1) is 6.92 Å². The van der Waals surface area contributed by atoms with Crippen LogP contribution >= 0.6 is 11.6 Å². The number of methoxy groups -OCH3 is 1. The molecule has 0 saturated heterocycles. The van der Waals surface area contributed by atoms with Crippen molar-refractivity contribution in [1.82, 2.24) is 0 Å². The highest BCUT2D eigenvalue weighted by atomic mass is 35.5. The highest BCUT2D eigenvalue weighted by molar-refractivity contribution is 6.30. The second kappa shape index (κ2) is 8.05. The molecule has 1 aromatic heterocycles. The van der Waals surface area contributed by atoms with Crippen molar-refractivity contribution in [1.29, 1.82) is 0 Å². The van der Waals surface area contributed by atoms with Crippen LogP contribution in [-0.4, -0.2) is 13.1 Å². The molecule has 0 unspecified atom stereocenters. The van der Waals surface area contributed by atoms with Crippen LogP contribution in [0.1, 0.15) is 15.9 Å². The van der Waals surface area contributed by atoms with Crippen molar-refractivity contribution in [2.75, 3.05) is 7.11 Å². The molecule has 1 heterocycles. The molecule has 5 nitrogen and oxygen atoms in total. The number of halogens is 1. The van der Waals surface area contributed by atoms with Crippen LogP contribution in [0.2, 0.25) is 5.02 Å². The monoisotopic (exact) mass is 420 g/mol. The van der Waals surface area contributed by atoms with Crippen LogP contribution in [0.4, 0.5) is 0 Å². The average Bonchev–Trinajstić information content (AvgIpc) is 2.74. The minimum Gasteiger partial charge on any atom is -0.497 e. The summed E-state index contributed by atoms with van der Waals surface area (Å²) in [4.78, 5) is 25.0. The lowest BCUT2D eigenvalue weighted by Crippen LogP contribution is -2.09. The van der Waals surface area contributed by atoms with E-state index in [0.29, 0.717) is 27.5 Å². The lowest BCUT2D eigenvalue weighted by Gasteiger charge is -2.10. The third kappa shape index (κ3) is 3.80. The molecule has 0 spiro atoms. The number of hydrogen-bond donors (Lipinski definition) is 0. The fourth-order valence-corrected chi connectivity index (χ4v) is 3.37. The molecule has 0 N–H and O–H groups in total. The number of rotatable bonds is 4. The molecule has 0 bridgehead atoms. The highest BCUT2D eigenvalue weighted by Gasteiger charge is 2.15. The van der Waals surface area contributed by atoms with Crippen LogP contribution < -0.4 is 15.1 Å². The van der Waals surface area contributed by atoms with E-state index in [9.17, 15) is 9.59 Å². The Labute approximate surface area is 177 Å². The molecule has 0 aliphatic heterocycles. The van der Waals surface area contributed by atoms with Crippen molar-refractivity contribution in [3.8, 4) is 22.6 Å². The summed E-state index contributed by atoms with van der Waals surface area (Å²) in [5, 5.41) is 1.29. The first-order chi connectivity index (χ1) is 14.5. The largest absolute Gasteiger partial charge is 0.497 e. The van der Waals surface area contributed by atoms with Crippen molar-refractivity contribution in [2.45, 2.75) is 6.92 Å². The summed E-state index contributed by atoms with van der Waals surface area (Å²) in [7, 11) is 1.59. The van der Waals surface area contributed by atoms with E-state index in [1.54, 1.807) is 55.6 Å². The van der Waals surface area contributed by atoms with Crippen LogP contribution in [-0.2, 0) is 0 Å². The van der Waals surface area contributed by atoms with Crippen LogP contribution in [0.25, 0.3) is 22.1 Å². The Morgan fingerprint density at radius 1 is 0.933 bits per heavy atom. The van der Waals surface area contributed by atoms with Crippen molar-refractivity contribution in [3.63, 3.8) is 0 Å². The Morgan fingerprint density at radius 2 is 1.60 bits per heavy atom. The predicted molar refractivity (Wildman–Crippen MR) is 116 cm³/mol. The first-order valence-corrected chi connectivity index (χ1v) is 9.53. The minimum absolute atomic E-state index is 0.280. The minimum atomic E-state index is -0.528. The van der Waals surface area contributed by atoms with Gasteiger partial charge in [0.1, 0.15) is 17.1 Å². The number of carbonyl (C=O) groups excluding carboxylic acids is 1. The maximum atomic E-state index is 12.7. The molecule has 0 fully saturated rings. The third-order valence-electron chi connectivity index (χ3n) is 4.81. The molecule has 0 saturated carbocycles. The van der Waals surface area contributed by atoms with Gasteiger partial charge in [0.25, 0.3) is 0 Å². The second-order valence-corrected chi connectivity index (χ2v) is 7.11. The van der Waals surface area contributed by atoms with Crippen molar-refractivity contribution < 1.29 is 18.7 Å². The van der Waals surface area contributed by atoms with Gasteiger partial charge in [-0.1, -0.05) is 23.7 Å². The van der Waals surface area contributed by atoms with Gasteiger partial charge >= 0.3 is 11.6 Å². The van der Waals surface area contributed by atoms with E-state index in [0.717, 1.165) is 16.5 Å². The summed E-state index contributed by atoms with van der Waals surface area (Å²) in [6, 6.07) is 18.6. The van der Waals surface area contributed by atoms with Gasteiger partial charge in [0.2, 0.25) is 0 Å². The molecule has 4 aromatic rings. The summed E-state index contributed by atoms with van der Waals surface area (Å²) in [5.74, 6) is 0.455. The van der Waals surface area contributed by atoms with Gasteiger partial charge in [-0.15, -0.1) is 0 Å². The predicted octanol–water partition coefficient (Wildman–Crippen LogP) is 5.65. The number of aryl methyl sites for hydroxylation is 1. The lowest BCUT2D eigenvalue weighted by molar-refractivity contribution is 0.0735. The molecule has 0 aliphatic carbocycles. The fraction of sp³-hybridized carbons (Fsp3) is 0.0833. The van der Waals surface area contributed by atoms with Gasteiger partial charge in [0, 0.05) is 16.5 Å². The maximum absolute atomic E-state index is 12.7. The Hall–Kier alpha value is -3.57. The second-order valence-electron chi connectivity index (χ2n) is 6.67. The van der Waals surface area contributed by atoms with Crippen LogP contribution in [0.15, 0.2) is 75.9 Å². The summed E-state index contributed by atoms with van der Waals surface area (Å²) < 4.78 is 16.1. The first-order valence-electron chi connectivity index (χ1n) is 9.16. The van der Waals surface area contributed by atoms with Crippen LogP contribution in [0.5, 0.6) is 11.5 Å². The highest BCUT2D eigenvalue weighted by Crippen LogP contribution is 2.30. The Balaban J connectivity index is 1.69. The molecule has 4 rings (SSSR count). The molecule has 3 aromatic carbocycles. The summed E-state index contributed by atoms with van der Waals surface area (Å²) >= 11 is 5.84. The van der Waals surface area contributed by atoms with E-state index in [1.165, 1.54) is 6.07 Å². The average molecular weight is 421 g/mol. The van der Waals surface area contributed by atoms with E-state index in [4.69, 9.17) is 25.5 Å². The molecule has 0 radical (unpaired) electrons. The van der Waals surface area contributed by atoms with E-state index < -0.39 is 11.6 Å². The number of fused-ring (bicyclic) bond motifs is 1. The number of carbonyl (C=O) groups is 1. The van der Waals surface area contributed by atoms with Crippen molar-refractivity contribution in [3.05, 3.63) is 93.3 Å². The quantitative estimate of drug-likeness (QED) is 0.242. The first kappa shape index (κ1) is 19.7. The maximum Gasteiger partial charge on any atom is 0.344 e. The Kier molecular flexibility index (Phi) is 5.29. The number of ether oxygens (including phenoxy) is 2. The molecular weight excluding hydrogens is 404 g/mol. The number of esters is 1. The molecule has 6 heteroatoms. The SMILES string of the molecule is COc1ccc(-c2c(C)c3ccc(OC(=O)c4ccc(Cl)cc4)cc3oc2=O)cc1. The zero-order chi connectivity index (χ0) is 21.3. The topological polar surface area (TPSA) is 65.7 Å².